The van der Waals surface area contributed by atoms with Crippen LogP contribution in [-0.4, -0.2) is 10.2 Å². The number of benzene rings is 2. The fraction of sp³-hybridized carbons (Fsp3) is 0.133. The molecule has 0 amide bonds. The Morgan fingerprint density at radius 3 is 2.37 bits per heavy atom. The predicted molar refractivity (Wildman–Crippen MR) is 78.3 cm³/mol. The first-order valence-electron chi connectivity index (χ1n) is 5.84. The largest absolute Gasteiger partial charge is 0.388 e. The zero-order valence-corrected chi connectivity index (χ0v) is 11.7. The van der Waals surface area contributed by atoms with Gasteiger partial charge in [0.25, 0.3) is 0 Å². The number of carbonyl (C=O) groups is 1. The van der Waals surface area contributed by atoms with Crippen LogP contribution in [0.3, 0.4) is 0 Å². The summed E-state index contributed by atoms with van der Waals surface area (Å²) in [7, 11) is 0. The molecule has 4 heteroatoms. The quantitative estimate of drug-likeness (QED) is 0.863. The van der Waals surface area contributed by atoms with Gasteiger partial charge in [0.1, 0.15) is 0 Å². The van der Waals surface area contributed by atoms with Crippen molar-refractivity contribution in [3.8, 4) is 0 Å². The Morgan fingerprint density at radius 2 is 1.74 bits per heavy atom. The standard InChI is InChI=1S/C15H13ClO2S/c16-12-8-6-11(7-9-12)14(17)10-15(18)19-13-4-2-1-3-5-13/h1-9,14,17H,10H2/t14-/m1/s1. The van der Waals surface area contributed by atoms with Crippen molar-refractivity contribution in [2.24, 2.45) is 0 Å². The van der Waals surface area contributed by atoms with Crippen molar-refractivity contribution < 1.29 is 9.90 Å². The number of carbonyl (C=O) groups excluding carboxylic acids is 1. The highest BCUT2D eigenvalue weighted by Gasteiger charge is 2.14. The van der Waals surface area contributed by atoms with Crippen molar-refractivity contribution in [2.75, 3.05) is 0 Å². The minimum atomic E-state index is -0.791. The van der Waals surface area contributed by atoms with Gasteiger partial charge in [-0.1, -0.05) is 53.7 Å². The second kappa shape index (κ2) is 6.75. The third-order valence-corrected chi connectivity index (χ3v) is 3.74. The van der Waals surface area contributed by atoms with Crippen LogP contribution in [-0.2, 0) is 4.79 Å². The van der Waals surface area contributed by atoms with Crippen LogP contribution in [0.25, 0.3) is 0 Å². The fourth-order valence-electron chi connectivity index (χ4n) is 1.62. The maximum atomic E-state index is 11.8. The SMILES string of the molecule is O=C(C[C@@H](O)c1ccc(Cl)cc1)Sc1ccccc1. The lowest BCUT2D eigenvalue weighted by Crippen LogP contribution is -2.03. The van der Waals surface area contributed by atoms with Gasteiger partial charge >= 0.3 is 0 Å². The van der Waals surface area contributed by atoms with E-state index in [4.69, 9.17) is 11.6 Å². The molecule has 0 aliphatic heterocycles. The number of thioether (sulfide) groups is 1. The van der Waals surface area contributed by atoms with Gasteiger partial charge in [-0.25, -0.2) is 0 Å². The molecular weight excluding hydrogens is 280 g/mol. The highest BCUT2D eigenvalue weighted by Crippen LogP contribution is 2.25. The zero-order valence-electron chi connectivity index (χ0n) is 10.1. The molecule has 0 aliphatic rings. The molecule has 0 unspecified atom stereocenters. The second-order valence-corrected chi connectivity index (χ2v) is 5.63. The lowest BCUT2D eigenvalue weighted by molar-refractivity contribution is -0.112. The Labute approximate surface area is 121 Å². The summed E-state index contributed by atoms with van der Waals surface area (Å²) in [4.78, 5) is 12.7. The maximum absolute atomic E-state index is 11.8. The molecule has 0 bridgehead atoms. The van der Waals surface area contributed by atoms with Gasteiger partial charge < -0.3 is 5.11 Å². The van der Waals surface area contributed by atoms with E-state index in [1.165, 1.54) is 0 Å². The average Bonchev–Trinajstić information content (AvgIpc) is 2.40. The molecular formula is C15H13ClO2S. The van der Waals surface area contributed by atoms with Crippen LogP contribution in [0.5, 0.6) is 0 Å². The topological polar surface area (TPSA) is 37.3 Å². The van der Waals surface area contributed by atoms with Crippen molar-refractivity contribution >= 4 is 28.5 Å². The van der Waals surface area contributed by atoms with Crippen molar-refractivity contribution in [1.82, 2.24) is 0 Å². The summed E-state index contributed by atoms with van der Waals surface area (Å²) in [5.74, 6) is 0. The molecule has 1 N–H and O–H groups in total. The lowest BCUT2D eigenvalue weighted by atomic mass is 10.1. The first-order valence-corrected chi connectivity index (χ1v) is 7.04. The highest BCUT2D eigenvalue weighted by atomic mass is 35.5. The summed E-state index contributed by atoms with van der Waals surface area (Å²) in [6.45, 7) is 0. The molecule has 0 heterocycles. The summed E-state index contributed by atoms with van der Waals surface area (Å²) in [6, 6.07) is 16.3. The smallest absolute Gasteiger partial charge is 0.196 e. The fourth-order valence-corrected chi connectivity index (χ4v) is 2.55. The molecule has 0 saturated carbocycles. The van der Waals surface area contributed by atoms with Gasteiger partial charge in [-0.3, -0.25) is 4.79 Å². The van der Waals surface area contributed by atoms with E-state index in [1.54, 1.807) is 24.3 Å². The van der Waals surface area contributed by atoms with Crippen molar-refractivity contribution in [3.63, 3.8) is 0 Å². The number of aliphatic hydroxyl groups excluding tert-OH is 1. The summed E-state index contributed by atoms with van der Waals surface area (Å²) < 4.78 is 0. The molecule has 0 spiro atoms. The minimum absolute atomic E-state index is 0.0614. The zero-order chi connectivity index (χ0) is 13.7. The van der Waals surface area contributed by atoms with Crippen molar-refractivity contribution in [1.29, 1.82) is 0 Å². The Morgan fingerprint density at radius 1 is 1.11 bits per heavy atom. The van der Waals surface area contributed by atoms with Crippen LogP contribution in [0.1, 0.15) is 18.1 Å². The molecule has 98 valence electrons. The number of aliphatic hydroxyl groups is 1. The Bertz CT molecular complexity index is 540. The third-order valence-electron chi connectivity index (χ3n) is 2.59. The number of hydrogen-bond donors (Lipinski definition) is 1. The van der Waals surface area contributed by atoms with Crippen LogP contribution < -0.4 is 0 Å². The van der Waals surface area contributed by atoms with Gasteiger partial charge in [0.2, 0.25) is 0 Å². The van der Waals surface area contributed by atoms with Crippen LogP contribution in [0.4, 0.5) is 0 Å². The summed E-state index contributed by atoms with van der Waals surface area (Å²) in [5.41, 5.74) is 0.700. The van der Waals surface area contributed by atoms with Gasteiger partial charge in [0.05, 0.1) is 6.10 Å². The molecule has 1 atom stereocenters. The van der Waals surface area contributed by atoms with Crippen LogP contribution in [0, 0.1) is 0 Å². The molecule has 0 radical (unpaired) electrons. The molecule has 2 nitrogen and oxygen atoms in total. The van der Waals surface area contributed by atoms with Gasteiger partial charge in [-0.2, -0.15) is 0 Å². The molecule has 2 rings (SSSR count). The van der Waals surface area contributed by atoms with E-state index in [0.29, 0.717) is 10.6 Å². The van der Waals surface area contributed by atoms with Gasteiger partial charge in [0, 0.05) is 16.3 Å². The molecule has 2 aromatic rings. The Balaban J connectivity index is 1.93. The second-order valence-electron chi connectivity index (χ2n) is 4.06. The van der Waals surface area contributed by atoms with Gasteiger partial charge in [-0.05, 0) is 29.8 Å². The number of hydrogen-bond acceptors (Lipinski definition) is 3. The molecule has 2 aromatic carbocycles. The van der Waals surface area contributed by atoms with Crippen LogP contribution in [0.2, 0.25) is 5.02 Å². The molecule has 0 aromatic heterocycles. The molecule has 0 fully saturated rings. The normalized spacial score (nSPS) is 12.1. The van der Waals surface area contributed by atoms with E-state index < -0.39 is 6.10 Å². The molecule has 0 saturated heterocycles. The van der Waals surface area contributed by atoms with E-state index in [2.05, 4.69) is 0 Å². The van der Waals surface area contributed by atoms with Gasteiger partial charge in [-0.15, -0.1) is 0 Å². The Kier molecular flexibility index (Phi) is 5.02. The van der Waals surface area contributed by atoms with E-state index in [9.17, 15) is 9.90 Å². The Hall–Kier alpha value is -1.29. The third kappa shape index (κ3) is 4.39. The van der Waals surface area contributed by atoms with Gasteiger partial charge in [0.15, 0.2) is 5.12 Å². The van der Waals surface area contributed by atoms with Crippen LogP contribution >= 0.6 is 23.4 Å². The first kappa shape index (κ1) is 14.1. The average molecular weight is 293 g/mol. The van der Waals surface area contributed by atoms with Crippen molar-refractivity contribution in [3.05, 3.63) is 65.2 Å². The van der Waals surface area contributed by atoms with E-state index in [-0.39, 0.29) is 11.5 Å². The lowest BCUT2D eigenvalue weighted by Gasteiger charge is -2.09. The maximum Gasteiger partial charge on any atom is 0.196 e. The highest BCUT2D eigenvalue weighted by molar-refractivity contribution is 8.13. The predicted octanol–water partition coefficient (Wildman–Crippen LogP) is 4.08. The van der Waals surface area contributed by atoms with Crippen LogP contribution in [0.15, 0.2) is 59.5 Å². The number of halogens is 1. The molecule has 19 heavy (non-hydrogen) atoms. The first-order chi connectivity index (χ1) is 9.15. The minimum Gasteiger partial charge on any atom is -0.388 e. The summed E-state index contributed by atoms with van der Waals surface area (Å²) >= 11 is 6.92. The monoisotopic (exact) mass is 292 g/mol. The van der Waals surface area contributed by atoms with Crippen molar-refractivity contribution in [2.45, 2.75) is 17.4 Å². The number of rotatable bonds is 4. The molecule has 0 aliphatic carbocycles. The van der Waals surface area contributed by atoms with E-state index in [0.717, 1.165) is 16.7 Å². The van der Waals surface area contributed by atoms with E-state index >= 15 is 0 Å². The summed E-state index contributed by atoms with van der Waals surface area (Å²) in [5, 5.41) is 10.5. The summed E-state index contributed by atoms with van der Waals surface area (Å²) in [6.07, 6.45) is -0.706. The van der Waals surface area contributed by atoms with E-state index in [1.807, 2.05) is 30.3 Å².